The van der Waals surface area contributed by atoms with Crippen LogP contribution in [-0.2, 0) is 0 Å². The number of rotatable bonds is 4. The van der Waals surface area contributed by atoms with E-state index < -0.39 is 0 Å². The molecule has 3 heteroatoms. The van der Waals surface area contributed by atoms with Gasteiger partial charge in [0.15, 0.2) is 5.78 Å². The number of methoxy groups -OCH3 is 1. The van der Waals surface area contributed by atoms with Crippen molar-refractivity contribution in [2.45, 2.75) is 0 Å². The van der Waals surface area contributed by atoms with Gasteiger partial charge in [0.25, 0.3) is 0 Å². The Hall–Kier alpha value is -2.55. The Bertz CT molecular complexity index is 586. The molecule has 0 aromatic heterocycles. The van der Waals surface area contributed by atoms with Crippen molar-refractivity contribution in [2.75, 3.05) is 7.11 Å². The first-order valence-corrected chi connectivity index (χ1v) is 5.91. The van der Waals surface area contributed by atoms with E-state index in [0.717, 1.165) is 11.3 Å². The number of nitrogens with two attached hydrogens (primary N) is 1. The fourth-order valence-corrected chi connectivity index (χ4v) is 1.69. The molecule has 0 spiro atoms. The maximum Gasteiger partial charge on any atom is 0.187 e. The lowest BCUT2D eigenvalue weighted by Crippen LogP contribution is -2.02. The number of carbonyl (C=O) groups excluding carboxylic acids is 1. The Morgan fingerprint density at radius 2 is 1.63 bits per heavy atom. The Morgan fingerprint density at radius 3 is 2.21 bits per heavy atom. The van der Waals surface area contributed by atoms with E-state index in [-0.39, 0.29) is 5.78 Å². The molecular formula is C16H15NO2. The average molecular weight is 253 g/mol. The zero-order valence-corrected chi connectivity index (χ0v) is 10.7. The molecule has 0 heterocycles. The molecule has 0 fully saturated rings. The van der Waals surface area contributed by atoms with E-state index in [1.807, 2.05) is 30.3 Å². The fraction of sp³-hybridized carbons (Fsp3) is 0.0625. The van der Waals surface area contributed by atoms with Gasteiger partial charge in [0.05, 0.1) is 7.11 Å². The van der Waals surface area contributed by atoms with Crippen molar-refractivity contribution in [3.63, 3.8) is 0 Å². The molecule has 0 aliphatic rings. The summed E-state index contributed by atoms with van der Waals surface area (Å²) >= 11 is 0. The third kappa shape index (κ3) is 3.22. The molecule has 0 aliphatic heterocycles. The van der Waals surface area contributed by atoms with Crippen LogP contribution in [0.5, 0.6) is 5.75 Å². The van der Waals surface area contributed by atoms with Gasteiger partial charge in [0.1, 0.15) is 5.75 Å². The van der Waals surface area contributed by atoms with Gasteiger partial charge < -0.3 is 10.5 Å². The fourth-order valence-electron chi connectivity index (χ4n) is 1.69. The third-order valence-corrected chi connectivity index (χ3v) is 2.77. The zero-order chi connectivity index (χ0) is 13.7. The van der Waals surface area contributed by atoms with E-state index in [4.69, 9.17) is 10.5 Å². The number of hydrogen-bond acceptors (Lipinski definition) is 3. The topological polar surface area (TPSA) is 52.3 Å². The zero-order valence-electron chi connectivity index (χ0n) is 10.7. The summed E-state index contributed by atoms with van der Waals surface area (Å²) in [5, 5.41) is 0. The van der Waals surface area contributed by atoms with Gasteiger partial charge in [0.2, 0.25) is 0 Å². The Balaban J connectivity index is 2.20. The summed E-state index contributed by atoms with van der Waals surface area (Å²) in [7, 11) is 1.59. The number of ether oxygens (including phenoxy) is 1. The van der Waals surface area contributed by atoms with E-state index >= 15 is 0 Å². The normalized spacial score (nSPS) is 11.1. The van der Waals surface area contributed by atoms with Crippen molar-refractivity contribution in [2.24, 2.45) is 5.73 Å². The Morgan fingerprint density at radius 1 is 1.00 bits per heavy atom. The second kappa shape index (κ2) is 5.87. The summed E-state index contributed by atoms with van der Waals surface area (Å²) in [6.07, 6.45) is 1.44. The molecule has 0 amide bonds. The molecule has 19 heavy (non-hydrogen) atoms. The van der Waals surface area contributed by atoms with Gasteiger partial charge in [-0.15, -0.1) is 0 Å². The molecule has 0 saturated carbocycles. The van der Waals surface area contributed by atoms with Crippen molar-refractivity contribution >= 4 is 11.5 Å². The Kier molecular flexibility index (Phi) is 3.98. The van der Waals surface area contributed by atoms with Crippen LogP contribution < -0.4 is 10.5 Å². The van der Waals surface area contributed by atoms with E-state index in [2.05, 4.69) is 0 Å². The van der Waals surface area contributed by atoms with Crippen LogP contribution in [0.15, 0.2) is 60.7 Å². The predicted molar refractivity (Wildman–Crippen MR) is 75.9 cm³/mol. The van der Waals surface area contributed by atoms with Gasteiger partial charge in [-0.3, -0.25) is 4.79 Å². The molecule has 2 aromatic rings. The van der Waals surface area contributed by atoms with Crippen LogP contribution in [0.25, 0.3) is 5.70 Å². The van der Waals surface area contributed by atoms with Crippen LogP contribution in [0.1, 0.15) is 15.9 Å². The van der Waals surface area contributed by atoms with E-state index in [1.165, 1.54) is 6.08 Å². The number of hydrogen-bond donors (Lipinski definition) is 1. The second-order valence-electron chi connectivity index (χ2n) is 4.06. The summed E-state index contributed by atoms with van der Waals surface area (Å²) in [4.78, 5) is 12.0. The standard InChI is InChI=1S/C16H15NO2/c1-19-14-9-7-13(8-10-14)16(18)11-15(17)12-5-3-2-4-6-12/h2-11H,17H2,1H3/b15-11+. The number of carbonyl (C=O) groups is 1. The molecule has 3 nitrogen and oxygen atoms in total. The highest BCUT2D eigenvalue weighted by atomic mass is 16.5. The first kappa shape index (κ1) is 12.9. The molecule has 2 aromatic carbocycles. The van der Waals surface area contributed by atoms with E-state index in [1.54, 1.807) is 31.4 Å². The van der Waals surface area contributed by atoms with Crippen LogP contribution in [-0.4, -0.2) is 12.9 Å². The van der Waals surface area contributed by atoms with E-state index in [0.29, 0.717) is 11.3 Å². The van der Waals surface area contributed by atoms with Crippen LogP contribution in [0.3, 0.4) is 0 Å². The average Bonchev–Trinajstić information content (AvgIpc) is 2.48. The first-order valence-electron chi connectivity index (χ1n) is 5.91. The SMILES string of the molecule is COc1ccc(C(=O)/C=C(/N)c2ccccc2)cc1. The Labute approximate surface area is 112 Å². The van der Waals surface area contributed by atoms with Gasteiger partial charge in [-0.25, -0.2) is 0 Å². The molecule has 0 saturated heterocycles. The van der Waals surface area contributed by atoms with Gasteiger partial charge in [-0.2, -0.15) is 0 Å². The molecule has 2 N–H and O–H groups in total. The quantitative estimate of drug-likeness (QED) is 0.673. The van der Waals surface area contributed by atoms with Crippen molar-refractivity contribution < 1.29 is 9.53 Å². The summed E-state index contributed by atoms with van der Waals surface area (Å²) in [5.74, 6) is 0.598. The molecule has 0 radical (unpaired) electrons. The number of ketones is 1. The maximum atomic E-state index is 12.0. The van der Waals surface area contributed by atoms with Crippen LogP contribution in [0.4, 0.5) is 0 Å². The van der Waals surface area contributed by atoms with Crippen LogP contribution >= 0.6 is 0 Å². The maximum absolute atomic E-state index is 12.0. The molecule has 2 rings (SSSR count). The lowest BCUT2D eigenvalue weighted by atomic mass is 10.1. The molecule has 0 unspecified atom stereocenters. The van der Waals surface area contributed by atoms with Crippen LogP contribution in [0.2, 0.25) is 0 Å². The van der Waals surface area contributed by atoms with Crippen LogP contribution in [0, 0.1) is 0 Å². The van der Waals surface area contributed by atoms with Crippen molar-refractivity contribution in [3.8, 4) is 5.75 Å². The summed E-state index contributed by atoms with van der Waals surface area (Å²) < 4.78 is 5.05. The molecule has 96 valence electrons. The smallest absolute Gasteiger partial charge is 0.187 e. The number of benzene rings is 2. The van der Waals surface area contributed by atoms with Crippen molar-refractivity contribution in [1.29, 1.82) is 0 Å². The lowest BCUT2D eigenvalue weighted by molar-refractivity contribution is 0.104. The molecular weight excluding hydrogens is 238 g/mol. The second-order valence-corrected chi connectivity index (χ2v) is 4.06. The van der Waals surface area contributed by atoms with Gasteiger partial charge in [-0.05, 0) is 29.8 Å². The summed E-state index contributed by atoms with van der Waals surface area (Å²) in [6, 6.07) is 16.3. The summed E-state index contributed by atoms with van der Waals surface area (Å²) in [6.45, 7) is 0. The third-order valence-electron chi connectivity index (χ3n) is 2.77. The van der Waals surface area contributed by atoms with Crippen molar-refractivity contribution in [3.05, 3.63) is 71.8 Å². The minimum Gasteiger partial charge on any atom is -0.497 e. The molecule has 0 aliphatic carbocycles. The number of allylic oxidation sites excluding steroid dienone is 1. The highest BCUT2D eigenvalue weighted by Gasteiger charge is 2.04. The highest BCUT2D eigenvalue weighted by Crippen LogP contribution is 2.14. The van der Waals surface area contributed by atoms with Crippen molar-refractivity contribution in [1.82, 2.24) is 0 Å². The minimum absolute atomic E-state index is 0.121. The van der Waals surface area contributed by atoms with E-state index in [9.17, 15) is 4.79 Å². The monoisotopic (exact) mass is 253 g/mol. The molecule has 0 atom stereocenters. The first-order chi connectivity index (χ1) is 9.20. The highest BCUT2D eigenvalue weighted by molar-refractivity contribution is 6.08. The lowest BCUT2D eigenvalue weighted by Gasteiger charge is -2.02. The van der Waals surface area contributed by atoms with Gasteiger partial charge in [0, 0.05) is 17.3 Å². The van der Waals surface area contributed by atoms with Gasteiger partial charge >= 0.3 is 0 Å². The predicted octanol–water partition coefficient (Wildman–Crippen LogP) is 2.88. The largest absolute Gasteiger partial charge is 0.497 e. The van der Waals surface area contributed by atoms with Gasteiger partial charge in [-0.1, -0.05) is 30.3 Å². The summed E-state index contributed by atoms with van der Waals surface area (Å²) in [5.41, 5.74) is 7.78. The minimum atomic E-state index is -0.121. The molecule has 0 bridgehead atoms.